The Balaban J connectivity index is 1.69. The van der Waals surface area contributed by atoms with Crippen LogP contribution in [0, 0.1) is 5.92 Å². The molecule has 1 aliphatic carbocycles. The lowest BCUT2D eigenvalue weighted by atomic mass is 9.70. The molecule has 0 radical (unpaired) electrons. The second-order valence-electron chi connectivity index (χ2n) is 6.64. The molecule has 5 atom stereocenters. The van der Waals surface area contributed by atoms with Crippen molar-refractivity contribution in [2.45, 2.75) is 69.9 Å². The summed E-state index contributed by atoms with van der Waals surface area (Å²) in [6.07, 6.45) is 6.08. The molecule has 3 unspecified atom stereocenters. The van der Waals surface area contributed by atoms with Gasteiger partial charge in [-0.1, -0.05) is 11.6 Å². The van der Waals surface area contributed by atoms with Crippen LogP contribution in [0.25, 0.3) is 0 Å². The third kappa shape index (κ3) is 2.02. The van der Waals surface area contributed by atoms with Crippen LogP contribution in [0.3, 0.4) is 0 Å². The number of rotatable bonds is 3. The first kappa shape index (κ1) is 12.6. The van der Waals surface area contributed by atoms with Gasteiger partial charge in [0.2, 0.25) is 0 Å². The molecule has 0 bridgehead atoms. The highest BCUT2D eigenvalue weighted by atomic mass is 16.6. The summed E-state index contributed by atoms with van der Waals surface area (Å²) in [7, 11) is 0. The van der Waals surface area contributed by atoms with Crippen molar-refractivity contribution in [2.75, 3.05) is 6.61 Å². The van der Waals surface area contributed by atoms with Gasteiger partial charge in [-0.3, -0.25) is 0 Å². The first-order valence-corrected chi connectivity index (χ1v) is 7.09. The smallest absolute Gasteiger partial charge is 0.0980 e. The molecule has 3 aliphatic rings. The van der Waals surface area contributed by atoms with E-state index in [9.17, 15) is 5.11 Å². The number of ether oxygens (including phenoxy) is 2. The SMILES string of the molecule is CC(C)=CCC1OC1(C)C1C[C@H](O)CC[C@]12CO2. The minimum absolute atomic E-state index is 0.0354. The molecule has 18 heavy (non-hydrogen) atoms. The van der Waals surface area contributed by atoms with Crippen LogP contribution >= 0.6 is 0 Å². The molecule has 3 nitrogen and oxygen atoms in total. The van der Waals surface area contributed by atoms with E-state index in [4.69, 9.17) is 9.47 Å². The summed E-state index contributed by atoms with van der Waals surface area (Å²) < 4.78 is 11.7. The van der Waals surface area contributed by atoms with E-state index in [1.54, 1.807) is 0 Å². The maximum absolute atomic E-state index is 9.91. The summed E-state index contributed by atoms with van der Waals surface area (Å²) in [5.41, 5.74) is 1.30. The van der Waals surface area contributed by atoms with Crippen LogP contribution in [-0.2, 0) is 9.47 Å². The Bertz CT molecular complexity index is 368. The average molecular weight is 252 g/mol. The zero-order valence-corrected chi connectivity index (χ0v) is 11.6. The number of aliphatic hydroxyl groups excluding tert-OH is 1. The van der Waals surface area contributed by atoms with E-state index in [0.29, 0.717) is 12.0 Å². The standard InChI is InChI=1S/C15H24O3/c1-10(2)4-5-13-14(3,18-13)12-8-11(16)6-7-15(12)9-17-15/h4,11-13,16H,5-9H2,1-3H3/t11-,12?,13?,14?,15+/m1/s1. The van der Waals surface area contributed by atoms with Gasteiger partial charge in [-0.2, -0.15) is 0 Å². The molecular formula is C15H24O3. The molecule has 0 aromatic heterocycles. The van der Waals surface area contributed by atoms with Gasteiger partial charge in [0.25, 0.3) is 0 Å². The summed E-state index contributed by atoms with van der Waals surface area (Å²) in [5, 5.41) is 9.91. The Kier molecular flexibility index (Phi) is 2.85. The molecule has 3 heteroatoms. The maximum Gasteiger partial charge on any atom is 0.0980 e. The second-order valence-corrected chi connectivity index (χ2v) is 6.64. The fourth-order valence-electron chi connectivity index (χ4n) is 3.59. The summed E-state index contributed by atoms with van der Waals surface area (Å²) in [6.45, 7) is 7.30. The van der Waals surface area contributed by atoms with Crippen molar-refractivity contribution in [3.63, 3.8) is 0 Å². The number of epoxide rings is 2. The normalized spacial score (nSPS) is 50.1. The van der Waals surface area contributed by atoms with E-state index in [-0.39, 0.29) is 17.3 Å². The molecule has 2 heterocycles. The molecule has 0 aromatic rings. The Morgan fingerprint density at radius 1 is 1.44 bits per heavy atom. The number of hydrogen-bond donors (Lipinski definition) is 1. The van der Waals surface area contributed by atoms with Crippen molar-refractivity contribution >= 4 is 0 Å². The van der Waals surface area contributed by atoms with Gasteiger partial charge in [0.15, 0.2) is 0 Å². The zero-order chi connectivity index (χ0) is 13.0. The summed E-state index contributed by atoms with van der Waals surface area (Å²) in [6, 6.07) is 0. The van der Waals surface area contributed by atoms with Gasteiger partial charge in [-0.25, -0.2) is 0 Å². The maximum atomic E-state index is 9.91. The highest BCUT2D eigenvalue weighted by molar-refractivity contribution is 5.17. The second kappa shape index (κ2) is 4.06. The van der Waals surface area contributed by atoms with Crippen LogP contribution < -0.4 is 0 Å². The van der Waals surface area contributed by atoms with Crippen molar-refractivity contribution in [1.29, 1.82) is 0 Å². The Morgan fingerprint density at radius 2 is 2.17 bits per heavy atom. The van der Waals surface area contributed by atoms with E-state index in [0.717, 1.165) is 32.3 Å². The van der Waals surface area contributed by atoms with Crippen molar-refractivity contribution in [3.05, 3.63) is 11.6 Å². The van der Waals surface area contributed by atoms with Gasteiger partial charge in [-0.05, 0) is 46.5 Å². The van der Waals surface area contributed by atoms with Crippen LogP contribution in [0.5, 0.6) is 0 Å². The van der Waals surface area contributed by atoms with Crippen LogP contribution in [-0.4, -0.2) is 35.1 Å². The summed E-state index contributed by atoms with van der Waals surface area (Å²) >= 11 is 0. The zero-order valence-electron chi connectivity index (χ0n) is 11.6. The fraction of sp³-hybridized carbons (Fsp3) is 0.867. The fourth-order valence-corrected chi connectivity index (χ4v) is 3.59. The van der Waals surface area contributed by atoms with Gasteiger partial charge in [-0.15, -0.1) is 0 Å². The molecule has 3 rings (SSSR count). The molecule has 0 amide bonds. The van der Waals surface area contributed by atoms with Crippen molar-refractivity contribution < 1.29 is 14.6 Å². The number of allylic oxidation sites excluding steroid dienone is 1. The summed E-state index contributed by atoms with van der Waals surface area (Å²) in [4.78, 5) is 0. The Labute approximate surface area is 109 Å². The topological polar surface area (TPSA) is 45.3 Å². The van der Waals surface area contributed by atoms with Gasteiger partial charge >= 0.3 is 0 Å². The van der Waals surface area contributed by atoms with E-state index < -0.39 is 0 Å². The first-order valence-electron chi connectivity index (χ1n) is 7.09. The number of aliphatic hydroxyl groups is 1. The molecule has 3 fully saturated rings. The van der Waals surface area contributed by atoms with Crippen molar-refractivity contribution in [3.8, 4) is 0 Å². The highest BCUT2D eigenvalue weighted by Gasteiger charge is 2.68. The van der Waals surface area contributed by atoms with Crippen LogP contribution in [0.2, 0.25) is 0 Å². The minimum Gasteiger partial charge on any atom is -0.393 e. The molecular weight excluding hydrogens is 228 g/mol. The quantitative estimate of drug-likeness (QED) is 0.620. The lowest BCUT2D eigenvalue weighted by Crippen LogP contribution is -2.43. The van der Waals surface area contributed by atoms with Gasteiger partial charge in [0.05, 0.1) is 30.0 Å². The van der Waals surface area contributed by atoms with Gasteiger partial charge < -0.3 is 14.6 Å². The molecule has 1 spiro atoms. The molecule has 1 N–H and O–H groups in total. The molecule has 102 valence electrons. The lowest BCUT2D eigenvalue weighted by molar-refractivity contribution is 0.0145. The predicted molar refractivity (Wildman–Crippen MR) is 69.4 cm³/mol. The average Bonchev–Trinajstić information content (AvgIpc) is 3.19. The van der Waals surface area contributed by atoms with E-state index in [1.807, 2.05) is 0 Å². The van der Waals surface area contributed by atoms with Crippen LogP contribution in [0.4, 0.5) is 0 Å². The monoisotopic (exact) mass is 252 g/mol. The largest absolute Gasteiger partial charge is 0.393 e. The third-order valence-corrected chi connectivity index (χ3v) is 4.97. The van der Waals surface area contributed by atoms with Crippen LogP contribution in [0.1, 0.15) is 46.5 Å². The number of hydrogen-bond acceptors (Lipinski definition) is 3. The van der Waals surface area contributed by atoms with Crippen LogP contribution in [0.15, 0.2) is 11.6 Å². The molecule has 1 saturated carbocycles. The Morgan fingerprint density at radius 3 is 2.78 bits per heavy atom. The first-order chi connectivity index (χ1) is 8.46. The molecule has 2 aliphatic heterocycles. The van der Waals surface area contributed by atoms with Gasteiger partial charge in [0.1, 0.15) is 0 Å². The molecule has 0 aromatic carbocycles. The van der Waals surface area contributed by atoms with E-state index in [2.05, 4.69) is 26.8 Å². The Hall–Kier alpha value is -0.380. The highest BCUT2D eigenvalue weighted by Crippen LogP contribution is 2.58. The van der Waals surface area contributed by atoms with Crippen molar-refractivity contribution in [2.24, 2.45) is 5.92 Å². The van der Waals surface area contributed by atoms with Gasteiger partial charge in [0, 0.05) is 5.92 Å². The summed E-state index contributed by atoms with van der Waals surface area (Å²) in [5.74, 6) is 0.365. The van der Waals surface area contributed by atoms with E-state index >= 15 is 0 Å². The van der Waals surface area contributed by atoms with E-state index in [1.165, 1.54) is 5.57 Å². The predicted octanol–water partition coefficient (Wildman–Crippen LogP) is 2.43. The molecule has 2 saturated heterocycles. The third-order valence-electron chi connectivity index (χ3n) is 4.97. The van der Waals surface area contributed by atoms with Crippen molar-refractivity contribution in [1.82, 2.24) is 0 Å². The lowest BCUT2D eigenvalue weighted by Gasteiger charge is -2.35. The minimum atomic E-state index is -0.171.